The molecule has 1 atom stereocenters. The number of carbonyl (C=O) groups is 1. The molecule has 1 fully saturated rings. The molecule has 4 rings (SSSR count). The average molecular weight is 321 g/mol. The van der Waals surface area contributed by atoms with Crippen LogP contribution in [0.25, 0.3) is 0 Å². The molecule has 2 heterocycles. The van der Waals surface area contributed by atoms with Crippen molar-refractivity contribution in [2.75, 3.05) is 19.6 Å². The van der Waals surface area contributed by atoms with Crippen LogP contribution in [0.5, 0.6) is 5.75 Å². The third-order valence-corrected chi connectivity index (χ3v) is 5.42. The molecule has 0 aromatic heterocycles. The summed E-state index contributed by atoms with van der Waals surface area (Å²) in [5.74, 6) is 0.580. The summed E-state index contributed by atoms with van der Waals surface area (Å²) in [4.78, 5) is 15.5. The van der Waals surface area contributed by atoms with Crippen LogP contribution in [-0.4, -0.2) is 30.5 Å². The Morgan fingerprint density at radius 2 is 1.62 bits per heavy atom. The summed E-state index contributed by atoms with van der Waals surface area (Å²) in [6.07, 6.45) is 4.62. The Hall–Kier alpha value is -2.13. The van der Waals surface area contributed by atoms with E-state index in [9.17, 15) is 4.79 Å². The van der Waals surface area contributed by atoms with Crippen molar-refractivity contribution >= 4 is 5.97 Å². The highest BCUT2D eigenvalue weighted by molar-refractivity contribution is 5.94. The minimum atomic E-state index is -0.671. The van der Waals surface area contributed by atoms with Gasteiger partial charge in [-0.1, -0.05) is 55.0 Å². The minimum Gasteiger partial charge on any atom is -0.425 e. The highest BCUT2D eigenvalue weighted by Crippen LogP contribution is 2.46. The van der Waals surface area contributed by atoms with E-state index >= 15 is 0 Å². The van der Waals surface area contributed by atoms with Gasteiger partial charge in [0.05, 0.1) is 0 Å². The van der Waals surface area contributed by atoms with Gasteiger partial charge in [0.1, 0.15) is 11.2 Å². The zero-order chi connectivity index (χ0) is 16.4. The molecule has 0 N–H and O–H groups in total. The van der Waals surface area contributed by atoms with E-state index in [1.807, 2.05) is 42.5 Å². The number of para-hydroxylation sites is 1. The van der Waals surface area contributed by atoms with Crippen LogP contribution in [0.1, 0.15) is 36.8 Å². The van der Waals surface area contributed by atoms with Gasteiger partial charge in [-0.2, -0.15) is 0 Å². The number of fused-ring (bicyclic) bond motifs is 1. The van der Waals surface area contributed by atoms with Gasteiger partial charge in [0.2, 0.25) is 0 Å². The van der Waals surface area contributed by atoms with Crippen molar-refractivity contribution in [1.29, 1.82) is 0 Å². The number of hydrogen-bond donors (Lipinski definition) is 0. The molecule has 0 bridgehead atoms. The van der Waals surface area contributed by atoms with Crippen LogP contribution in [0.3, 0.4) is 0 Å². The van der Waals surface area contributed by atoms with E-state index in [0.29, 0.717) is 5.75 Å². The molecular formula is C21H23NO2. The van der Waals surface area contributed by atoms with Crippen LogP contribution in [0, 0.1) is 0 Å². The maximum atomic E-state index is 13.0. The smallest absolute Gasteiger partial charge is 0.326 e. The monoisotopic (exact) mass is 321 g/mol. The standard InChI is InChI=1S/C21H23NO2/c23-20-21(17-9-3-1-4-10-17,13-16-22-14-7-2-8-15-22)18-11-5-6-12-19(18)24-20/h1,3-6,9-12H,2,7-8,13-16H2. The minimum absolute atomic E-state index is 0.132. The van der Waals surface area contributed by atoms with Crippen molar-refractivity contribution in [3.8, 4) is 5.75 Å². The zero-order valence-corrected chi connectivity index (χ0v) is 13.9. The molecule has 0 spiro atoms. The second-order valence-electron chi connectivity index (χ2n) is 6.81. The number of esters is 1. The first-order chi connectivity index (χ1) is 11.8. The van der Waals surface area contributed by atoms with E-state index in [1.54, 1.807) is 0 Å². The Bertz CT molecular complexity index is 722. The lowest BCUT2D eigenvalue weighted by Gasteiger charge is -2.32. The van der Waals surface area contributed by atoms with Crippen molar-refractivity contribution in [3.05, 3.63) is 65.7 Å². The fraction of sp³-hybridized carbons (Fsp3) is 0.381. The van der Waals surface area contributed by atoms with Crippen LogP contribution in [0.15, 0.2) is 54.6 Å². The van der Waals surface area contributed by atoms with E-state index in [1.165, 1.54) is 19.3 Å². The maximum absolute atomic E-state index is 13.0. The van der Waals surface area contributed by atoms with Crippen LogP contribution in [0.4, 0.5) is 0 Å². The number of piperidine rings is 1. The lowest BCUT2D eigenvalue weighted by atomic mass is 9.73. The molecule has 2 aliphatic rings. The molecule has 3 nitrogen and oxygen atoms in total. The molecular weight excluding hydrogens is 298 g/mol. The highest BCUT2D eigenvalue weighted by Gasteiger charge is 2.50. The highest BCUT2D eigenvalue weighted by atomic mass is 16.5. The Labute approximate surface area is 143 Å². The molecule has 0 amide bonds. The van der Waals surface area contributed by atoms with Gasteiger partial charge < -0.3 is 9.64 Å². The van der Waals surface area contributed by atoms with Gasteiger partial charge in [-0.3, -0.25) is 4.79 Å². The quantitative estimate of drug-likeness (QED) is 0.634. The number of carbonyl (C=O) groups excluding carboxylic acids is 1. The number of nitrogens with zero attached hydrogens (tertiary/aromatic N) is 1. The molecule has 3 heteroatoms. The number of likely N-dealkylation sites (tertiary alicyclic amines) is 1. The number of ether oxygens (including phenoxy) is 1. The molecule has 0 radical (unpaired) electrons. The third-order valence-electron chi connectivity index (χ3n) is 5.42. The molecule has 2 aromatic rings. The summed E-state index contributed by atoms with van der Waals surface area (Å²) in [6.45, 7) is 3.21. The van der Waals surface area contributed by atoms with Crippen molar-refractivity contribution in [1.82, 2.24) is 4.90 Å². The van der Waals surface area contributed by atoms with Gasteiger partial charge in [0.15, 0.2) is 0 Å². The van der Waals surface area contributed by atoms with Gasteiger partial charge in [-0.05, 0) is 50.5 Å². The number of benzene rings is 2. The summed E-state index contributed by atoms with van der Waals surface area (Å²) in [5, 5.41) is 0. The number of rotatable bonds is 4. The average Bonchev–Trinajstić information content (AvgIpc) is 2.94. The summed E-state index contributed by atoms with van der Waals surface area (Å²) in [6, 6.07) is 18.0. The Morgan fingerprint density at radius 1 is 0.917 bits per heavy atom. The van der Waals surface area contributed by atoms with Crippen LogP contribution in [-0.2, 0) is 10.2 Å². The molecule has 1 unspecified atom stereocenters. The predicted octanol–water partition coefficient (Wildman–Crippen LogP) is 3.77. The van der Waals surface area contributed by atoms with E-state index in [4.69, 9.17) is 4.74 Å². The fourth-order valence-corrected chi connectivity index (χ4v) is 4.09. The summed E-state index contributed by atoms with van der Waals surface area (Å²) in [7, 11) is 0. The van der Waals surface area contributed by atoms with Crippen LogP contribution < -0.4 is 4.74 Å². The van der Waals surface area contributed by atoms with E-state index in [2.05, 4.69) is 17.0 Å². The maximum Gasteiger partial charge on any atom is 0.326 e. The molecule has 2 aliphatic heterocycles. The van der Waals surface area contributed by atoms with E-state index in [0.717, 1.165) is 37.2 Å². The molecule has 1 saturated heterocycles. The van der Waals surface area contributed by atoms with Crippen molar-refractivity contribution in [2.24, 2.45) is 0 Å². The van der Waals surface area contributed by atoms with Crippen molar-refractivity contribution in [3.63, 3.8) is 0 Å². The SMILES string of the molecule is O=C1Oc2ccccc2C1(CCN1CCCCC1)c1ccccc1. The molecule has 0 aliphatic carbocycles. The van der Waals surface area contributed by atoms with Gasteiger partial charge in [0, 0.05) is 5.56 Å². The lowest BCUT2D eigenvalue weighted by molar-refractivity contribution is -0.137. The third kappa shape index (κ3) is 2.53. The normalized spacial score (nSPS) is 23.8. The molecule has 24 heavy (non-hydrogen) atoms. The van der Waals surface area contributed by atoms with Crippen LogP contribution in [0.2, 0.25) is 0 Å². The van der Waals surface area contributed by atoms with Gasteiger partial charge >= 0.3 is 5.97 Å². The first-order valence-corrected chi connectivity index (χ1v) is 8.90. The van der Waals surface area contributed by atoms with Gasteiger partial charge in [-0.25, -0.2) is 0 Å². The lowest BCUT2D eigenvalue weighted by Crippen LogP contribution is -2.40. The first kappa shape index (κ1) is 15.4. The van der Waals surface area contributed by atoms with Crippen molar-refractivity contribution < 1.29 is 9.53 Å². The molecule has 124 valence electrons. The topological polar surface area (TPSA) is 29.5 Å². The van der Waals surface area contributed by atoms with Crippen molar-refractivity contribution in [2.45, 2.75) is 31.1 Å². The van der Waals surface area contributed by atoms with Crippen LogP contribution >= 0.6 is 0 Å². The second kappa shape index (κ2) is 6.40. The molecule has 0 saturated carbocycles. The zero-order valence-electron chi connectivity index (χ0n) is 13.9. The number of hydrogen-bond acceptors (Lipinski definition) is 3. The Morgan fingerprint density at radius 3 is 2.42 bits per heavy atom. The Balaban J connectivity index is 1.72. The summed E-state index contributed by atoms with van der Waals surface area (Å²) >= 11 is 0. The largest absolute Gasteiger partial charge is 0.425 e. The summed E-state index contributed by atoms with van der Waals surface area (Å²) in [5.41, 5.74) is 1.38. The fourth-order valence-electron chi connectivity index (χ4n) is 4.09. The Kier molecular flexibility index (Phi) is 4.11. The van der Waals surface area contributed by atoms with E-state index < -0.39 is 5.41 Å². The first-order valence-electron chi connectivity index (χ1n) is 8.90. The summed E-state index contributed by atoms with van der Waals surface area (Å²) < 4.78 is 5.66. The second-order valence-corrected chi connectivity index (χ2v) is 6.81. The molecule has 2 aromatic carbocycles. The van der Waals surface area contributed by atoms with E-state index in [-0.39, 0.29) is 5.97 Å². The van der Waals surface area contributed by atoms with Gasteiger partial charge in [-0.15, -0.1) is 0 Å². The van der Waals surface area contributed by atoms with Gasteiger partial charge in [0.25, 0.3) is 0 Å². The predicted molar refractivity (Wildman–Crippen MR) is 94.2 cm³/mol.